The fraction of sp³-hybridized carbons (Fsp3) is 0.600. The van der Waals surface area contributed by atoms with Crippen molar-refractivity contribution in [2.45, 2.75) is 38.3 Å². The second-order valence-corrected chi connectivity index (χ2v) is 6.65. The van der Waals surface area contributed by atoms with Gasteiger partial charge in [0.1, 0.15) is 0 Å². The van der Waals surface area contributed by atoms with Gasteiger partial charge in [-0.25, -0.2) is 0 Å². The van der Waals surface area contributed by atoms with Crippen molar-refractivity contribution < 1.29 is 0 Å². The van der Waals surface area contributed by atoms with Gasteiger partial charge in [0, 0.05) is 28.1 Å². The van der Waals surface area contributed by atoms with E-state index in [4.69, 9.17) is 11.6 Å². The van der Waals surface area contributed by atoms with Crippen LogP contribution in [-0.2, 0) is 0 Å². The monoisotopic (exact) mass is 344 g/mol. The van der Waals surface area contributed by atoms with Crippen molar-refractivity contribution in [1.82, 2.24) is 10.2 Å². The third-order valence-corrected chi connectivity index (χ3v) is 4.90. The molecule has 1 aromatic carbocycles. The molecule has 0 spiro atoms. The lowest BCUT2D eigenvalue weighted by atomic mass is 10.0. The molecule has 106 valence electrons. The Labute approximate surface area is 129 Å². The summed E-state index contributed by atoms with van der Waals surface area (Å²) in [6.07, 6.45) is 3.77. The van der Waals surface area contributed by atoms with E-state index in [9.17, 15) is 0 Å². The average Bonchev–Trinajstić information content (AvgIpc) is 2.78. The van der Waals surface area contributed by atoms with E-state index in [-0.39, 0.29) is 0 Å². The van der Waals surface area contributed by atoms with Crippen LogP contribution in [0, 0.1) is 0 Å². The molecule has 2 rings (SSSR count). The normalized spacial score (nSPS) is 21.8. The summed E-state index contributed by atoms with van der Waals surface area (Å²) < 4.78 is 1.03. The molecule has 1 aromatic rings. The molecule has 0 bridgehead atoms. The molecule has 1 heterocycles. The number of hydrogen-bond donors (Lipinski definition) is 1. The molecule has 2 atom stereocenters. The number of hydrogen-bond acceptors (Lipinski definition) is 2. The Morgan fingerprint density at radius 2 is 2.32 bits per heavy atom. The van der Waals surface area contributed by atoms with Gasteiger partial charge in [-0.15, -0.1) is 0 Å². The van der Waals surface area contributed by atoms with E-state index >= 15 is 0 Å². The lowest BCUT2D eigenvalue weighted by molar-refractivity contribution is 0.253. The van der Waals surface area contributed by atoms with E-state index in [1.54, 1.807) is 0 Å². The summed E-state index contributed by atoms with van der Waals surface area (Å²) in [6.45, 7) is 4.71. The largest absolute Gasteiger partial charge is 0.313 e. The van der Waals surface area contributed by atoms with Gasteiger partial charge in [0.05, 0.1) is 0 Å². The fourth-order valence-electron chi connectivity index (χ4n) is 2.86. The third kappa shape index (κ3) is 3.94. The topological polar surface area (TPSA) is 15.3 Å². The summed E-state index contributed by atoms with van der Waals surface area (Å²) in [7, 11) is 2.01. The first-order valence-corrected chi connectivity index (χ1v) is 8.15. The van der Waals surface area contributed by atoms with E-state index in [2.05, 4.69) is 45.2 Å². The van der Waals surface area contributed by atoms with Gasteiger partial charge < -0.3 is 10.2 Å². The molecule has 2 nitrogen and oxygen atoms in total. The highest BCUT2D eigenvalue weighted by atomic mass is 79.9. The van der Waals surface area contributed by atoms with Gasteiger partial charge in [-0.2, -0.15) is 0 Å². The van der Waals surface area contributed by atoms with E-state index < -0.39 is 0 Å². The fourth-order valence-corrected chi connectivity index (χ4v) is 3.66. The van der Waals surface area contributed by atoms with E-state index in [0.29, 0.717) is 6.04 Å². The number of likely N-dealkylation sites (tertiary alicyclic amines) is 1. The highest BCUT2D eigenvalue weighted by Gasteiger charge is 2.21. The van der Waals surface area contributed by atoms with Crippen molar-refractivity contribution in [3.8, 4) is 0 Å². The minimum absolute atomic E-state index is 0.327. The maximum absolute atomic E-state index is 6.34. The Kier molecular flexibility index (Phi) is 5.70. The van der Waals surface area contributed by atoms with Crippen LogP contribution in [0.4, 0.5) is 0 Å². The van der Waals surface area contributed by atoms with E-state index in [0.717, 1.165) is 28.5 Å². The molecule has 0 radical (unpaired) electrons. The van der Waals surface area contributed by atoms with Crippen LogP contribution in [0.25, 0.3) is 0 Å². The van der Waals surface area contributed by atoms with Crippen molar-refractivity contribution in [2.24, 2.45) is 0 Å². The quantitative estimate of drug-likeness (QED) is 0.859. The average molecular weight is 346 g/mol. The number of nitrogens with zero attached hydrogens (tertiary/aromatic N) is 1. The molecule has 0 aromatic heterocycles. The summed E-state index contributed by atoms with van der Waals surface area (Å²) in [5.74, 6) is 0. The summed E-state index contributed by atoms with van der Waals surface area (Å²) in [4.78, 5) is 2.58. The van der Waals surface area contributed by atoms with Gasteiger partial charge >= 0.3 is 0 Å². The van der Waals surface area contributed by atoms with Crippen molar-refractivity contribution in [3.63, 3.8) is 0 Å². The zero-order valence-electron chi connectivity index (χ0n) is 11.6. The predicted molar refractivity (Wildman–Crippen MR) is 85.8 cm³/mol. The number of benzene rings is 1. The van der Waals surface area contributed by atoms with E-state index in [1.165, 1.54) is 24.9 Å². The lowest BCUT2D eigenvalue weighted by Crippen LogP contribution is -2.30. The zero-order valence-corrected chi connectivity index (χ0v) is 14.0. The Hall–Kier alpha value is -0.0900. The molecule has 1 aliphatic rings. The van der Waals surface area contributed by atoms with Gasteiger partial charge in [-0.05, 0) is 57.5 Å². The van der Waals surface area contributed by atoms with Crippen LogP contribution < -0.4 is 5.32 Å². The highest BCUT2D eigenvalue weighted by molar-refractivity contribution is 9.10. The van der Waals surface area contributed by atoms with Crippen LogP contribution in [-0.4, -0.2) is 31.1 Å². The number of halogens is 2. The zero-order chi connectivity index (χ0) is 13.8. The second-order valence-electron chi connectivity index (χ2n) is 5.32. The van der Waals surface area contributed by atoms with Crippen LogP contribution in [0.1, 0.15) is 37.8 Å². The molecule has 0 saturated carbocycles. The number of rotatable bonds is 5. The molecular formula is C15H22BrClN2. The van der Waals surface area contributed by atoms with Crippen molar-refractivity contribution >= 4 is 27.5 Å². The summed E-state index contributed by atoms with van der Waals surface area (Å²) in [6, 6.07) is 7.20. The van der Waals surface area contributed by atoms with Gasteiger partial charge in [0.2, 0.25) is 0 Å². The highest BCUT2D eigenvalue weighted by Crippen LogP contribution is 2.29. The van der Waals surface area contributed by atoms with Gasteiger partial charge in [-0.3, -0.25) is 0 Å². The van der Waals surface area contributed by atoms with Crippen molar-refractivity contribution in [2.75, 3.05) is 20.1 Å². The van der Waals surface area contributed by atoms with Gasteiger partial charge in [0.15, 0.2) is 0 Å². The molecule has 0 amide bonds. The van der Waals surface area contributed by atoms with Crippen LogP contribution in [0.15, 0.2) is 22.7 Å². The minimum Gasteiger partial charge on any atom is -0.313 e. The Morgan fingerprint density at radius 1 is 1.53 bits per heavy atom. The van der Waals surface area contributed by atoms with Crippen molar-refractivity contribution in [1.29, 1.82) is 0 Å². The summed E-state index contributed by atoms with van der Waals surface area (Å²) >= 11 is 9.80. The van der Waals surface area contributed by atoms with Crippen LogP contribution in [0.5, 0.6) is 0 Å². The van der Waals surface area contributed by atoms with Crippen LogP contribution >= 0.6 is 27.5 Å². The van der Waals surface area contributed by atoms with Crippen molar-refractivity contribution in [3.05, 3.63) is 33.3 Å². The molecule has 19 heavy (non-hydrogen) atoms. The standard InChI is InChI=1S/C15H22BrClN2/c1-11-4-3-8-19(11)9-7-15(18-2)13-6-5-12(16)10-14(13)17/h5-6,10-11,15,18H,3-4,7-9H2,1-2H3. The Bertz CT molecular complexity index is 425. The molecule has 4 heteroatoms. The first-order chi connectivity index (χ1) is 9.11. The molecule has 1 fully saturated rings. The van der Waals surface area contributed by atoms with Crippen LogP contribution in [0.2, 0.25) is 5.02 Å². The lowest BCUT2D eigenvalue weighted by Gasteiger charge is -2.25. The predicted octanol–water partition coefficient (Wildman–Crippen LogP) is 4.24. The molecular weight excluding hydrogens is 324 g/mol. The summed E-state index contributed by atoms with van der Waals surface area (Å²) in [5, 5.41) is 4.23. The third-order valence-electron chi connectivity index (χ3n) is 4.08. The molecule has 1 N–H and O–H groups in total. The Balaban J connectivity index is 1.99. The van der Waals surface area contributed by atoms with E-state index in [1.807, 2.05) is 13.1 Å². The van der Waals surface area contributed by atoms with Gasteiger partial charge in [-0.1, -0.05) is 33.6 Å². The summed E-state index contributed by atoms with van der Waals surface area (Å²) in [5.41, 5.74) is 1.19. The molecule has 1 saturated heterocycles. The Morgan fingerprint density at radius 3 is 2.89 bits per heavy atom. The molecule has 1 aliphatic heterocycles. The SMILES string of the molecule is CNC(CCN1CCCC1C)c1ccc(Br)cc1Cl. The maximum Gasteiger partial charge on any atom is 0.0465 e. The van der Waals surface area contributed by atoms with Gasteiger partial charge in [0.25, 0.3) is 0 Å². The molecule has 0 aliphatic carbocycles. The first-order valence-electron chi connectivity index (χ1n) is 6.98. The smallest absolute Gasteiger partial charge is 0.0465 e. The maximum atomic E-state index is 6.34. The minimum atomic E-state index is 0.327. The first kappa shape index (κ1) is 15.3. The molecule has 2 unspecified atom stereocenters. The van der Waals surface area contributed by atoms with Crippen LogP contribution in [0.3, 0.4) is 0 Å². The second kappa shape index (κ2) is 7.07. The number of nitrogens with one attached hydrogen (secondary N) is 1.